The molecule has 0 aliphatic carbocycles. The molecule has 0 bridgehead atoms. The van der Waals surface area contributed by atoms with E-state index in [0.717, 1.165) is 36.2 Å². The van der Waals surface area contributed by atoms with Crippen LogP contribution in [0.3, 0.4) is 0 Å². The number of rotatable bonds is 9. The van der Waals surface area contributed by atoms with Crippen LogP contribution >= 0.6 is 0 Å². The van der Waals surface area contributed by atoms with E-state index in [-0.39, 0.29) is 18.1 Å². The van der Waals surface area contributed by atoms with Crippen molar-refractivity contribution in [3.63, 3.8) is 0 Å². The van der Waals surface area contributed by atoms with Gasteiger partial charge < -0.3 is 19.5 Å². The number of cyclic esters (lactones) is 1. The number of carbonyl (C=O) groups is 1. The number of hydrogen-bond donors (Lipinski definition) is 1. The molecular weight excluding hydrogens is 420 g/mol. The summed E-state index contributed by atoms with van der Waals surface area (Å²) in [5.74, 6) is 1.83. The van der Waals surface area contributed by atoms with E-state index in [1.54, 1.807) is 13.4 Å². The Kier molecular flexibility index (Phi) is 7.24. The summed E-state index contributed by atoms with van der Waals surface area (Å²) in [6.07, 6.45) is 2.26. The molecule has 1 aromatic heterocycles. The monoisotopic (exact) mass is 450 g/mol. The van der Waals surface area contributed by atoms with Crippen molar-refractivity contribution in [1.29, 1.82) is 0 Å². The summed E-state index contributed by atoms with van der Waals surface area (Å²) in [7, 11) is 1.62. The Balaban J connectivity index is 1.46. The molecule has 1 aliphatic heterocycles. The van der Waals surface area contributed by atoms with E-state index in [1.807, 2.05) is 37.3 Å². The topological polar surface area (TPSA) is 85.8 Å². The van der Waals surface area contributed by atoms with Gasteiger partial charge in [-0.2, -0.15) is 0 Å². The third-order valence-corrected chi connectivity index (χ3v) is 5.65. The van der Waals surface area contributed by atoms with E-state index in [4.69, 9.17) is 14.2 Å². The molecule has 0 saturated carbocycles. The van der Waals surface area contributed by atoms with Gasteiger partial charge in [0.25, 0.3) is 0 Å². The molecule has 0 radical (unpaired) electrons. The number of hydrogen-bond acceptors (Lipinski definition) is 8. The minimum atomic E-state index is -0.171. The van der Waals surface area contributed by atoms with E-state index >= 15 is 0 Å². The van der Waals surface area contributed by atoms with Gasteiger partial charge in [0.15, 0.2) is 11.5 Å². The van der Waals surface area contributed by atoms with Gasteiger partial charge in [0.05, 0.1) is 25.8 Å². The number of esters is 1. The molecule has 0 spiro atoms. The zero-order chi connectivity index (χ0) is 23.2. The highest BCUT2D eigenvalue weighted by Gasteiger charge is 2.23. The zero-order valence-corrected chi connectivity index (χ0v) is 19.3. The van der Waals surface area contributed by atoms with Gasteiger partial charge in [0.2, 0.25) is 0 Å². The van der Waals surface area contributed by atoms with Gasteiger partial charge in [-0.3, -0.25) is 9.69 Å². The second-order valence-corrected chi connectivity index (χ2v) is 8.26. The van der Waals surface area contributed by atoms with E-state index < -0.39 is 0 Å². The van der Waals surface area contributed by atoms with Crippen molar-refractivity contribution < 1.29 is 19.0 Å². The summed E-state index contributed by atoms with van der Waals surface area (Å²) < 4.78 is 16.8. The normalized spacial score (nSPS) is 17.4. The molecule has 1 fully saturated rings. The maximum absolute atomic E-state index is 11.6. The molecule has 3 aromatic rings. The SMILES string of the molecule is COc1cc2ncnc(NC(C)c3ccccc3)c2cc1OCCCN1CC(=O)OC(C)C1. The second-order valence-electron chi connectivity index (χ2n) is 8.26. The first-order valence-electron chi connectivity index (χ1n) is 11.2. The first-order chi connectivity index (χ1) is 16.0. The summed E-state index contributed by atoms with van der Waals surface area (Å²) in [6, 6.07) is 14.1. The summed E-state index contributed by atoms with van der Waals surface area (Å²) in [5, 5.41) is 4.35. The van der Waals surface area contributed by atoms with Crippen molar-refractivity contribution in [3.05, 3.63) is 54.4 Å². The molecule has 174 valence electrons. The van der Waals surface area contributed by atoms with Gasteiger partial charge in [-0.15, -0.1) is 0 Å². The molecule has 2 heterocycles. The number of aromatic nitrogens is 2. The Bertz CT molecular complexity index is 1090. The highest BCUT2D eigenvalue weighted by atomic mass is 16.5. The Morgan fingerprint density at radius 1 is 1.21 bits per heavy atom. The van der Waals surface area contributed by atoms with Crippen LogP contribution in [0.25, 0.3) is 10.9 Å². The third-order valence-electron chi connectivity index (χ3n) is 5.65. The number of anilines is 1. The van der Waals surface area contributed by atoms with Crippen LogP contribution in [0.2, 0.25) is 0 Å². The number of ether oxygens (including phenoxy) is 3. The van der Waals surface area contributed by atoms with Gasteiger partial charge in [-0.05, 0) is 31.9 Å². The van der Waals surface area contributed by atoms with Crippen LogP contribution in [0.15, 0.2) is 48.8 Å². The molecular formula is C25H30N4O4. The van der Waals surface area contributed by atoms with E-state index in [1.165, 1.54) is 5.56 Å². The maximum Gasteiger partial charge on any atom is 0.320 e. The molecule has 2 unspecified atom stereocenters. The standard InChI is InChI=1S/C25H30N4O4/c1-17-14-29(15-24(30)33-17)10-7-11-32-23-12-20-21(13-22(23)31-3)26-16-27-25(20)28-18(2)19-8-5-4-6-9-19/h4-6,8-9,12-13,16-18H,7,10-11,14-15H2,1-3H3,(H,26,27,28). The van der Waals surface area contributed by atoms with E-state index in [2.05, 4.69) is 39.2 Å². The van der Waals surface area contributed by atoms with Crippen molar-refractivity contribution in [2.45, 2.75) is 32.4 Å². The van der Waals surface area contributed by atoms with Crippen LogP contribution in [-0.4, -0.2) is 60.3 Å². The number of benzene rings is 2. The van der Waals surface area contributed by atoms with Crippen LogP contribution in [0.1, 0.15) is 31.9 Å². The molecule has 8 nitrogen and oxygen atoms in total. The lowest BCUT2D eigenvalue weighted by atomic mass is 10.1. The number of methoxy groups -OCH3 is 1. The minimum absolute atomic E-state index is 0.0723. The predicted molar refractivity (Wildman–Crippen MR) is 127 cm³/mol. The maximum atomic E-state index is 11.6. The van der Waals surface area contributed by atoms with Crippen LogP contribution in [-0.2, 0) is 9.53 Å². The van der Waals surface area contributed by atoms with Crippen LogP contribution in [0.5, 0.6) is 11.5 Å². The summed E-state index contributed by atoms with van der Waals surface area (Å²) in [6.45, 7) is 6.35. The largest absolute Gasteiger partial charge is 0.493 e. The smallest absolute Gasteiger partial charge is 0.320 e. The summed E-state index contributed by atoms with van der Waals surface area (Å²) in [5.41, 5.74) is 1.95. The number of fused-ring (bicyclic) bond motifs is 1. The molecule has 4 rings (SSSR count). The van der Waals surface area contributed by atoms with Gasteiger partial charge in [-0.1, -0.05) is 30.3 Å². The molecule has 2 atom stereocenters. The fourth-order valence-corrected chi connectivity index (χ4v) is 4.03. The quantitative estimate of drug-likeness (QED) is 0.389. The highest BCUT2D eigenvalue weighted by molar-refractivity contribution is 5.91. The van der Waals surface area contributed by atoms with Gasteiger partial charge in [-0.25, -0.2) is 9.97 Å². The molecule has 33 heavy (non-hydrogen) atoms. The van der Waals surface area contributed by atoms with Gasteiger partial charge in [0.1, 0.15) is 18.2 Å². The molecule has 8 heteroatoms. The molecule has 0 amide bonds. The first kappa shape index (κ1) is 22.8. The number of morpholine rings is 1. The summed E-state index contributed by atoms with van der Waals surface area (Å²) >= 11 is 0. The minimum Gasteiger partial charge on any atom is -0.493 e. The average molecular weight is 451 g/mol. The van der Waals surface area contributed by atoms with Crippen molar-refractivity contribution in [1.82, 2.24) is 14.9 Å². The number of nitrogens with one attached hydrogen (secondary N) is 1. The first-order valence-corrected chi connectivity index (χ1v) is 11.2. The van der Waals surface area contributed by atoms with Crippen molar-refractivity contribution in [2.75, 3.05) is 38.7 Å². The Morgan fingerprint density at radius 2 is 2.03 bits per heavy atom. The van der Waals surface area contributed by atoms with Gasteiger partial charge in [0, 0.05) is 30.6 Å². The fourth-order valence-electron chi connectivity index (χ4n) is 4.03. The van der Waals surface area contributed by atoms with Crippen molar-refractivity contribution in [3.8, 4) is 11.5 Å². The lowest BCUT2D eigenvalue weighted by Crippen LogP contribution is -2.44. The zero-order valence-electron chi connectivity index (χ0n) is 19.3. The van der Waals surface area contributed by atoms with Gasteiger partial charge >= 0.3 is 5.97 Å². The van der Waals surface area contributed by atoms with E-state index in [9.17, 15) is 4.79 Å². The lowest BCUT2D eigenvalue weighted by Gasteiger charge is -2.30. The second kappa shape index (κ2) is 10.5. The average Bonchev–Trinajstić information content (AvgIpc) is 2.81. The predicted octanol–water partition coefficient (Wildman–Crippen LogP) is 3.83. The number of nitrogens with zero attached hydrogens (tertiary/aromatic N) is 3. The molecule has 1 N–H and O–H groups in total. The van der Waals surface area contributed by atoms with Crippen LogP contribution in [0, 0.1) is 0 Å². The van der Waals surface area contributed by atoms with Crippen molar-refractivity contribution >= 4 is 22.7 Å². The molecule has 1 saturated heterocycles. The lowest BCUT2D eigenvalue weighted by molar-refractivity contribution is -0.157. The summed E-state index contributed by atoms with van der Waals surface area (Å²) in [4.78, 5) is 22.6. The van der Waals surface area contributed by atoms with Crippen LogP contribution in [0.4, 0.5) is 5.82 Å². The Labute approximate surface area is 193 Å². The van der Waals surface area contributed by atoms with E-state index in [0.29, 0.717) is 24.7 Å². The highest BCUT2D eigenvalue weighted by Crippen LogP contribution is 2.35. The number of carbonyl (C=O) groups excluding carboxylic acids is 1. The Morgan fingerprint density at radius 3 is 2.79 bits per heavy atom. The molecule has 2 aromatic carbocycles. The molecule has 1 aliphatic rings. The van der Waals surface area contributed by atoms with Crippen LogP contribution < -0.4 is 14.8 Å². The fraction of sp³-hybridized carbons (Fsp3) is 0.400. The Hall–Kier alpha value is -3.39. The third kappa shape index (κ3) is 5.70. The van der Waals surface area contributed by atoms with Crippen molar-refractivity contribution in [2.24, 2.45) is 0 Å².